The minimum atomic E-state index is -0.660. The number of nitrogens with zero attached hydrogens (tertiary/aromatic N) is 2. The molecule has 0 saturated carbocycles. The van der Waals surface area contributed by atoms with Crippen molar-refractivity contribution in [2.45, 2.75) is 25.8 Å². The normalized spacial score (nSPS) is 11.1. The van der Waals surface area contributed by atoms with Gasteiger partial charge in [-0.15, -0.1) is 12.4 Å². The SMILES string of the molecule is CC(C)(N)c1nc(Cc2cccc(F)c2)no1.Cl. The van der Waals surface area contributed by atoms with Gasteiger partial charge in [-0.1, -0.05) is 17.3 Å². The molecule has 2 aromatic rings. The summed E-state index contributed by atoms with van der Waals surface area (Å²) in [5.74, 6) is 0.610. The molecule has 0 aliphatic rings. The van der Waals surface area contributed by atoms with Gasteiger partial charge in [0.15, 0.2) is 5.82 Å². The number of aromatic nitrogens is 2. The molecule has 2 N–H and O–H groups in total. The van der Waals surface area contributed by atoms with E-state index >= 15 is 0 Å². The number of halogens is 2. The van der Waals surface area contributed by atoms with Gasteiger partial charge in [0.1, 0.15) is 5.82 Å². The van der Waals surface area contributed by atoms with Gasteiger partial charge in [-0.25, -0.2) is 4.39 Å². The fourth-order valence-corrected chi connectivity index (χ4v) is 1.42. The highest BCUT2D eigenvalue weighted by atomic mass is 35.5. The topological polar surface area (TPSA) is 64.9 Å². The molecule has 0 bridgehead atoms. The standard InChI is InChI=1S/C12H14FN3O.ClH/c1-12(2,14)11-15-10(16-17-11)7-8-4-3-5-9(13)6-8;/h3-6H,7,14H2,1-2H3;1H. The molecular weight excluding hydrogens is 257 g/mol. The number of nitrogens with two attached hydrogens (primary N) is 1. The van der Waals surface area contributed by atoms with Crippen LogP contribution in [0.2, 0.25) is 0 Å². The van der Waals surface area contributed by atoms with Crippen molar-refractivity contribution in [1.29, 1.82) is 0 Å². The van der Waals surface area contributed by atoms with Gasteiger partial charge in [0.05, 0.1) is 5.54 Å². The molecule has 0 radical (unpaired) electrons. The molecule has 0 amide bonds. The quantitative estimate of drug-likeness (QED) is 0.931. The van der Waals surface area contributed by atoms with E-state index < -0.39 is 5.54 Å². The van der Waals surface area contributed by atoms with Crippen LogP contribution in [0.15, 0.2) is 28.8 Å². The van der Waals surface area contributed by atoms with E-state index in [1.54, 1.807) is 19.9 Å². The van der Waals surface area contributed by atoms with E-state index in [2.05, 4.69) is 10.1 Å². The molecule has 0 saturated heterocycles. The first-order valence-electron chi connectivity index (χ1n) is 5.31. The molecule has 98 valence electrons. The Balaban J connectivity index is 0.00000162. The lowest BCUT2D eigenvalue weighted by molar-refractivity contribution is 0.310. The predicted octanol–water partition coefficient (Wildman–Crippen LogP) is 2.42. The average molecular weight is 272 g/mol. The minimum Gasteiger partial charge on any atom is -0.337 e. The summed E-state index contributed by atoms with van der Waals surface area (Å²) in [5.41, 5.74) is 5.97. The van der Waals surface area contributed by atoms with Crippen molar-refractivity contribution >= 4 is 12.4 Å². The smallest absolute Gasteiger partial charge is 0.246 e. The number of rotatable bonds is 3. The second kappa shape index (κ2) is 5.46. The Morgan fingerprint density at radius 1 is 1.39 bits per heavy atom. The van der Waals surface area contributed by atoms with E-state index in [4.69, 9.17) is 10.3 Å². The zero-order valence-electron chi connectivity index (χ0n) is 10.2. The van der Waals surface area contributed by atoms with Crippen LogP contribution >= 0.6 is 12.4 Å². The van der Waals surface area contributed by atoms with Crippen LogP contribution < -0.4 is 5.73 Å². The van der Waals surface area contributed by atoms with Crippen LogP contribution in [-0.4, -0.2) is 10.1 Å². The van der Waals surface area contributed by atoms with Crippen molar-refractivity contribution in [2.24, 2.45) is 5.73 Å². The van der Waals surface area contributed by atoms with Crippen molar-refractivity contribution in [1.82, 2.24) is 10.1 Å². The molecule has 18 heavy (non-hydrogen) atoms. The van der Waals surface area contributed by atoms with Gasteiger partial charge in [-0.2, -0.15) is 4.98 Å². The summed E-state index contributed by atoms with van der Waals surface area (Å²) < 4.78 is 18.0. The summed E-state index contributed by atoms with van der Waals surface area (Å²) >= 11 is 0. The summed E-state index contributed by atoms with van der Waals surface area (Å²) in [6.45, 7) is 3.57. The summed E-state index contributed by atoms with van der Waals surface area (Å²) in [5, 5.41) is 3.82. The maximum Gasteiger partial charge on any atom is 0.246 e. The van der Waals surface area contributed by atoms with Crippen molar-refractivity contribution in [2.75, 3.05) is 0 Å². The minimum absolute atomic E-state index is 0. The molecule has 1 aromatic carbocycles. The second-order valence-electron chi connectivity index (χ2n) is 4.54. The third-order valence-electron chi connectivity index (χ3n) is 2.27. The molecule has 0 spiro atoms. The molecule has 0 aliphatic carbocycles. The third-order valence-corrected chi connectivity index (χ3v) is 2.27. The van der Waals surface area contributed by atoms with E-state index in [0.717, 1.165) is 5.56 Å². The van der Waals surface area contributed by atoms with Crippen molar-refractivity contribution < 1.29 is 8.91 Å². The summed E-state index contributed by atoms with van der Waals surface area (Å²) in [6.07, 6.45) is 0.428. The van der Waals surface area contributed by atoms with Crippen LogP contribution in [0.1, 0.15) is 31.1 Å². The zero-order chi connectivity index (χ0) is 12.5. The molecule has 0 atom stereocenters. The van der Waals surface area contributed by atoms with Gasteiger partial charge in [0.25, 0.3) is 0 Å². The Hall–Kier alpha value is -1.46. The van der Waals surface area contributed by atoms with Crippen LogP contribution in [0.25, 0.3) is 0 Å². The van der Waals surface area contributed by atoms with Crippen molar-refractivity contribution in [3.8, 4) is 0 Å². The Morgan fingerprint density at radius 3 is 2.67 bits per heavy atom. The van der Waals surface area contributed by atoms with Crippen LogP contribution in [0.5, 0.6) is 0 Å². The molecular formula is C12H15ClFN3O. The van der Waals surface area contributed by atoms with E-state index in [-0.39, 0.29) is 18.2 Å². The number of benzene rings is 1. The lowest BCUT2D eigenvalue weighted by Crippen LogP contribution is -2.29. The maximum atomic E-state index is 13.0. The third kappa shape index (κ3) is 3.51. The number of hydrogen-bond acceptors (Lipinski definition) is 4. The van der Waals surface area contributed by atoms with Gasteiger partial charge in [0.2, 0.25) is 5.89 Å². The van der Waals surface area contributed by atoms with E-state index in [0.29, 0.717) is 18.1 Å². The highest BCUT2D eigenvalue weighted by Gasteiger charge is 2.22. The van der Waals surface area contributed by atoms with Gasteiger partial charge in [-0.3, -0.25) is 0 Å². The van der Waals surface area contributed by atoms with Gasteiger partial charge in [-0.05, 0) is 31.5 Å². The highest BCUT2D eigenvalue weighted by Crippen LogP contribution is 2.15. The largest absolute Gasteiger partial charge is 0.337 e. The Morgan fingerprint density at radius 2 is 2.11 bits per heavy atom. The van der Waals surface area contributed by atoms with Crippen molar-refractivity contribution in [3.05, 3.63) is 47.4 Å². The molecule has 2 rings (SSSR count). The first kappa shape index (κ1) is 14.6. The summed E-state index contributed by atoms with van der Waals surface area (Å²) in [6, 6.07) is 6.31. The monoisotopic (exact) mass is 271 g/mol. The molecule has 1 aromatic heterocycles. The molecule has 1 heterocycles. The predicted molar refractivity (Wildman–Crippen MR) is 68.0 cm³/mol. The van der Waals surface area contributed by atoms with E-state index in [9.17, 15) is 4.39 Å². The van der Waals surface area contributed by atoms with Crippen molar-refractivity contribution in [3.63, 3.8) is 0 Å². The molecule has 6 heteroatoms. The first-order valence-corrected chi connectivity index (χ1v) is 5.31. The van der Waals surface area contributed by atoms with Crippen LogP contribution in [0.3, 0.4) is 0 Å². The van der Waals surface area contributed by atoms with E-state index in [1.807, 2.05) is 6.07 Å². The van der Waals surface area contributed by atoms with Gasteiger partial charge in [0, 0.05) is 6.42 Å². The molecule has 0 fully saturated rings. The Labute approximate surface area is 111 Å². The lowest BCUT2D eigenvalue weighted by atomic mass is 10.1. The zero-order valence-corrected chi connectivity index (χ0v) is 11.0. The molecule has 0 aliphatic heterocycles. The first-order chi connectivity index (χ1) is 7.95. The van der Waals surface area contributed by atoms with Crippen LogP contribution in [0, 0.1) is 5.82 Å². The lowest BCUT2D eigenvalue weighted by Gasteiger charge is -2.10. The second-order valence-corrected chi connectivity index (χ2v) is 4.54. The Kier molecular flexibility index (Phi) is 4.43. The average Bonchev–Trinajstić information content (AvgIpc) is 2.65. The van der Waals surface area contributed by atoms with Crippen LogP contribution in [-0.2, 0) is 12.0 Å². The fraction of sp³-hybridized carbons (Fsp3) is 0.333. The van der Waals surface area contributed by atoms with Crippen LogP contribution in [0.4, 0.5) is 4.39 Å². The number of hydrogen-bond donors (Lipinski definition) is 1. The maximum absolute atomic E-state index is 13.0. The highest BCUT2D eigenvalue weighted by molar-refractivity contribution is 5.85. The summed E-state index contributed by atoms with van der Waals surface area (Å²) in [4.78, 5) is 4.18. The Bertz CT molecular complexity index is 522. The van der Waals surface area contributed by atoms with Gasteiger partial charge < -0.3 is 10.3 Å². The molecule has 0 unspecified atom stereocenters. The van der Waals surface area contributed by atoms with E-state index in [1.165, 1.54) is 12.1 Å². The molecule has 4 nitrogen and oxygen atoms in total. The van der Waals surface area contributed by atoms with Gasteiger partial charge >= 0.3 is 0 Å². The summed E-state index contributed by atoms with van der Waals surface area (Å²) in [7, 11) is 0. The fourth-order valence-electron chi connectivity index (χ4n) is 1.42.